The van der Waals surface area contributed by atoms with Crippen LogP contribution in [0, 0.1) is 0 Å². The Morgan fingerprint density at radius 3 is 0.357 bits per heavy atom. The van der Waals surface area contributed by atoms with Crippen molar-refractivity contribution >= 4 is 318 Å². The molecule has 0 aromatic rings. The molecule has 0 radical (unpaired) electrons. The minimum atomic E-state index is -3.63. The Labute approximate surface area is 377 Å². The zero-order valence-electron chi connectivity index (χ0n) is 11.2. The predicted molar refractivity (Wildman–Crippen MR) is 83.8 cm³/mol. The Hall–Kier alpha value is 6.94. The van der Waals surface area contributed by atoms with Crippen molar-refractivity contribution in [2.75, 3.05) is 0 Å². The average molecular weight is 643 g/mol. The minimum absolute atomic E-state index is 0. The first-order valence-corrected chi connectivity index (χ1v) is 9.19. The molecular formula is H4Al2Ca2K2Na2O15Si5. The van der Waals surface area contributed by atoms with E-state index in [4.69, 9.17) is 70.3 Å². The molecule has 0 spiro atoms. The predicted octanol–water partition coefficient (Wildman–Crippen LogP) is -18.5. The van der Waals surface area contributed by atoms with E-state index in [9.17, 15) is 0 Å². The van der Waals surface area contributed by atoms with Crippen LogP contribution in [0.3, 0.4) is 0 Å². The van der Waals surface area contributed by atoms with Crippen molar-refractivity contribution in [2.24, 2.45) is 0 Å². The van der Waals surface area contributed by atoms with Gasteiger partial charge in [0.2, 0.25) is 0 Å². The van der Waals surface area contributed by atoms with Gasteiger partial charge in [-0.1, -0.05) is 0 Å². The Morgan fingerprint density at radius 1 is 0.357 bits per heavy atom. The van der Waals surface area contributed by atoms with Gasteiger partial charge in [-0.15, -0.1) is 0 Å². The maximum absolute atomic E-state index is 8.52. The number of hydrogen-bond acceptors (Lipinski definition) is 15. The molecule has 0 aromatic heterocycles. The third kappa shape index (κ3) is 697. The van der Waals surface area contributed by atoms with Gasteiger partial charge in [0.05, 0.1) is 0 Å². The molecule has 0 aliphatic heterocycles. The Balaban J connectivity index is -0.00000000852. The summed E-state index contributed by atoms with van der Waals surface area (Å²) >= 11 is 0. The Kier molecular flexibility index (Phi) is 228. The van der Waals surface area contributed by atoms with E-state index in [2.05, 4.69) is 0 Å². The first-order valence-electron chi connectivity index (χ1n) is 3.06. The molecule has 0 aliphatic carbocycles. The van der Waals surface area contributed by atoms with E-state index in [1.807, 2.05) is 0 Å². The SMILES string of the molecule is O=[Si]([O-])[O-].O=[Si]([O-])[O-].O=[Si]([O-])[O-].O=[Si]([O-])[O-].O=[Si]([O-])[O-].[Al+3].[Al+3].[Ca+2].[Ca+2].[KH].[KH].[NaH].[NaH]. The Bertz CT molecular complexity index is 241. The van der Waals surface area contributed by atoms with E-state index >= 15 is 0 Å². The van der Waals surface area contributed by atoms with E-state index in [0.717, 1.165) is 0 Å². The molecule has 0 fully saturated rings. The summed E-state index contributed by atoms with van der Waals surface area (Å²) in [4.78, 5) is 85.2. The molecule has 0 saturated heterocycles. The molecule has 0 aliphatic rings. The third-order valence-electron chi connectivity index (χ3n) is 0. The summed E-state index contributed by atoms with van der Waals surface area (Å²) in [6, 6.07) is 0. The fourth-order valence-electron chi connectivity index (χ4n) is 0. The second-order valence-corrected chi connectivity index (χ2v) is 3.75. The van der Waals surface area contributed by atoms with Crippen LogP contribution in [-0.4, -0.2) is 318 Å². The molecule has 0 saturated carbocycles. The quantitative estimate of drug-likeness (QED) is 0.221. The molecule has 28 heteroatoms. The van der Waals surface area contributed by atoms with Crippen LogP contribution in [0.4, 0.5) is 0 Å². The van der Waals surface area contributed by atoms with Gasteiger partial charge in [-0.25, -0.2) is 0 Å². The maximum atomic E-state index is 8.52. The van der Waals surface area contributed by atoms with Crippen molar-refractivity contribution in [1.82, 2.24) is 0 Å². The summed E-state index contributed by atoms with van der Waals surface area (Å²) in [5.41, 5.74) is 0. The van der Waals surface area contributed by atoms with Gasteiger partial charge in [0, 0.05) is 45.9 Å². The molecule has 28 heavy (non-hydrogen) atoms. The van der Waals surface area contributed by atoms with Gasteiger partial charge >= 0.3 is 272 Å². The summed E-state index contributed by atoms with van der Waals surface area (Å²) in [5, 5.41) is 0. The van der Waals surface area contributed by atoms with Crippen LogP contribution >= 0.6 is 0 Å². The molecule has 0 atom stereocenters. The first kappa shape index (κ1) is 83.6. The van der Waals surface area contributed by atoms with Crippen LogP contribution in [0.15, 0.2) is 0 Å². The summed E-state index contributed by atoms with van der Waals surface area (Å²) in [6.45, 7) is 0. The zero-order valence-corrected chi connectivity index (χ0v) is 22.9. The molecule has 128 valence electrons. The van der Waals surface area contributed by atoms with Gasteiger partial charge in [0.25, 0.3) is 0 Å². The molecule has 0 bridgehead atoms. The van der Waals surface area contributed by atoms with Crippen LogP contribution < -0.4 is 48.0 Å². The summed E-state index contributed by atoms with van der Waals surface area (Å²) in [5.74, 6) is 0. The van der Waals surface area contributed by atoms with Crippen LogP contribution in [0.5, 0.6) is 0 Å². The van der Waals surface area contributed by atoms with Crippen molar-refractivity contribution in [3.8, 4) is 0 Å². The van der Waals surface area contributed by atoms with Crippen molar-refractivity contribution in [1.29, 1.82) is 0 Å². The van der Waals surface area contributed by atoms with Crippen molar-refractivity contribution in [2.45, 2.75) is 0 Å². The van der Waals surface area contributed by atoms with Gasteiger partial charge in [-0.05, 0) is 0 Å². The van der Waals surface area contributed by atoms with Crippen molar-refractivity contribution in [3.63, 3.8) is 0 Å². The fraction of sp³-hybridized carbons (Fsp3) is 0. The summed E-state index contributed by atoms with van der Waals surface area (Å²) in [7, 11) is -18.1. The van der Waals surface area contributed by atoms with E-state index < -0.39 is 45.9 Å². The molecule has 0 rings (SSSR count). The fourth-order valence-corrected chi connectivity index (χ4v) is 0. The van der Waals surface area contributed by atoms with Gasteiger partial charge < -0.3 is 70.3 Å². The molecule has 15 nitrogen and oxygen atoms in total. The molecule has 0 N–H and O–H groups in total. The van der Waals surface area contributed by atoms with Crippen LogP contribution in [-0.2, 0) is 22.3 Å². The number of rotatable bonds is 0. The normalized spacial score (nSPS) is 4.29. The number of hydrogen-bond donors (Lipinski definition) is 0. The van der Waals surface area contributed by atoms with E-state index in [1.54, 1.807) is 0 Å². The van der Waals surface area contributed by atoms with Gasteiger partial charge in [-0.3, -0.25) is 0 Å². The standard InChI is InChI=1S/2Al.2Ca.2K.2Na.5O3Si.4H/c;;;;;;;;5*1-4(2)3;;;;/q2*+3;2*+2;;;;;5*-2;;;;. The first-order chi connectivity index (χ1) is 8.66. The Morgan fingerprint density at radius 2 is 0.357 bits per heavy atom. The summed E-state index contributed by atoms with van der Waals surface area (Å²) in [6.07, 6.45) is 0. The molecule has 0 amide bonds. The van der Waals surface area contributed by atoms with Gasteiger partial charge in [0.15, 0.2) is 0 Å². The average Bonchev–Trinajstić information content (AvgIpc) is 1.94. The van der Waals surface area contributed by atoms with E-state index in [1.165, 1.54) is 0 Å². The molecular weight excluding hydrogens is 639 g/mol. The monoisotopic (exact) mass is 642 g/mol. The zero-order chi connectivity index (χ0) is 17.9. The van der Waals surface area contributed by atoms with Gasteiger partial charge in [-0.2, -0.15) is 0 Å². The second-order valence-electron chi connectivity index (χ2n) is 1.25. The third-order valence-corrected chi connectivity index (χ3v) is 0. The topological polar surface area (TPSA) is 316 Å². The molecule has 0 unspecified atom stereocenters. The van der Waals surface area contributed by atoms with Crippen molar-refractivity contribution in [3.05, 3.63) is 0 Å². The van der Waals surface area contributed by atoms with Gasteiger partial charge in [0.1, 0.15) is 0 Å². The summed E-state index contributed by atoms with van der Waals surface area (Å²) < 4.78 is 42.6. The molecule has 0 heterocycles. The van der Waals surface area contributed by atoms with E-state index in [0.29, 0.717) is 0 Å². The van der Waals surface area contributed by atoms with Crippen LogP contribution in [0.25, 0.3) is 0 Å². The van der Waals surface area contributed by atoms with Crippen molar-refractivity contribution < 1.29 is 70.3 Å². The second kappa shape index (κ2) is 76.5. The van der Waals surface area contributed by atoms with Crippen LogP contribution in [0.2, 0.25) is 0 Å². The van der Waals surface area contributed by atoms with Crippen LogP contribution in [0.1, 0.15) is 0 Å². The molecule has 0 aromatic carbocycles. The van der Waals surface area contributed by atoms with E-state index in [-0.39, 0.29) is 272 Å².